The van der Waals surface area contributed by atoms with Gasteiger partial charge in [0.25, 0.3) is 0 Å². The van der Waals surface area contributed by atoms with Crippen molar-refractivity contribution in [2.24, 2.45) is 11.5 Å². The number of hydrogen-bond acceptors (Lipinski definition) is 4. The van der Waals surface area contributed by atoms with Crippen molar-refractivity contribution < 1.29 is 4.79 Å². The lowest BCUT2D eigenvalue weighted by atomic mass is 10.2. The van der Waals surface area contributed by atoms with Crippen molar-refractivity contribution >= 4 is 24.9 Å². The molecule has 0 aliphatic carbocycles. The lowest BCUT2D eigenvalue weighted by Gasteiger charge is -1.94. The van der Waals surface area contributed by atoms with Crippen LogP contribution in [0.1, 0.15) is 25.7 Å². The van der Waals surface area contributed by atoms with E-state index in [2.05, 4.69) is 0 Å². The normalized spacial score (nSPS) is 7.89. The molecule has 1 aromatic rings. The van der Waals surface area contributed by atoms with Crippen molar-refractivity contribution in [3.8, 4) is 0 Å². The van der Waals surface area contributed by atoms with E-state index < -0.39 is 0 Å². The maximum absolute atomic E-state index is 8.00. The molecule has 106 valence electrons. The molecule has 0 amide bonds. The number of nitrogens with two attached hydrogens (primary N) is 3. The van der Waals surface area contributed by atoms with Crippen LogP contribution in [0.25, 0.3) is 0 Å². The summed E-state index contributed by atoms with van der Waals surface area (Å²) in [5.41, 5.74) is 16.7. The molecule has 5 heteroatoms. The van der Waals surface area contributed by atoms with Crippen LogP contribution in [-0.2, 0) is 4.79 Å². The fraction of sp³-hybridized carbons (Fsp3) is 0.462. The van der Waals surface area contributed by atoms with Crippen LogP contribution < -0.4 is 17.2 Å². The van der Waals surface area contributed by atoms with E-state index in [0.717, 1.165) is 31.6 Å². The van der Waals surface area contributed by atoms with Gasteiger partial charge in [-0.25, -0.2) is 0 Å². The quantitative estimate of drug-likeness (QED) is 0.565. The number of nitrogen functional groups attached to an aromatic ring is 1. The van der Waals surface area contributed by atoms with Crippen molar-refractivity contribution in [3.63, 3.8) is 0 Å². The Labute approximate surface area is 116 Å². The molecule has 0 bridgehead atoms. The summed E-state index contributed by atoms with van der Waals surface area (Å²) in [6, 6.07) is 9.49. The van der Waals surface area contributed by atoms with Gasteiger partial charge in [0.1, 0.15) is 6.79 Å². The van der Waals surface area contributed by atoms with Crippen LogP contribution >= 0.6 is 12.4 Å². The highest BCUT2D eigenvalue weighted by Crippen LogP contribution is 1.96. The minimum atomic E-state index is 0. The lowest BCUT2D eigenvalue weighted by Crippen LogP contribution is -2.00. The van der Waals surface area contributed by atoms with Crippen molar-refractivity contribution in [3.05, 3.63) is 30.3 Å². The summed E-state index contributed by atoms with van der Waals surface area (Å²) in [7, 11) is 0. The molecule has 4 nitrogen and oxygen atoms in total. The first-order chi connectivity index (χ1) is 8.31. The Bertz CT molecular complexity index is 229. The maximum Gasteiger partial charge on any atom is 0.106 e. The Morgan fingerprint density at radius 3 is 1.44 bits per heavy atom. The molecular weight excluding hydrogens is 250 g/mol. The Kier molecular flexibility index (Phi) is 26.1. The minimum Gasteiger partial charge on any atom is -0.399 e. The van der Waals surface area contributed by atoms with Gasteiger partial charge in [-0.15, -0.1) is 12.4 Å². The summed E-state index contributed by atoms with van der Waals surface area (Å²) < 4.78 is 0. The van der Waals surface area contributed by atoms with E-state index in [1.165, 1.54) is 12.8 Å². The van der Waals surface area contributed by atoms with Gasteiger partial charge in [-0.05, 0) is 38.1 Å². The number of carbonyl (C=O) groups excluding carboxylic acids is 1. The number of benzene rings is 1. The largest absolute Gasteiger partial charge is 0.399 e. The predicted octanol–water partition coefficient (Wildman–Crippen LogP) is 1.97. The first-order valence-electron chi connectivity index (χ1n) is 5.80. The summed E-state index contributed by atoms with van der Waals surface area (Å²) in [5, 5.41) is 0. The first-order valence-corrected chi connectivity index (χ1v) is 5.80. The average Bonchev–Trinajstić information content (AvgIpc) is 2.39. The molecular formula is C13H26ClN3O. The zero-order chi connectivity index (χ0) is 13.4. The van der Waals surface area contributed by atoms with Crippen LogP contribution in [-0.4, -0.2) is 19.9 Å². The van der Waals surface area contributed by atoms with Crippen LogP contribution in [0, 0.1) is 0 Å². The van der Waals surface area contributed by atoms with E-state index in [-0.39, 0.29) is 12.4 Å². The summed E-state index contributed by atoms with van der Waals surface area (Å²) in [5.74, 6) is 0. The van der Waals surface area contributed by atoms with E-state index in [0.29, 0.717) is 0 Å². The van der Waals surface area contributed by atoms with Crippen molar-refractivity contribution in [2.45, 2.75) is 25.7 Å². The second-order valence-corrected chi connectivity index (χ2v) is 3.40. The molecule has 0 atom stereocenters. The third kappa shape index (κ3) is 20.3. The summed E-state index contributed by atoms with van der Waals surface area (Å²) in [4.78, 5) is 8.00. The molecule has 0 saturated heterocycles. The van der Waals surface area contributed by atoms with Gasteiger partial charge < -0.3 is 22.0 Å². The van der Waals surface area contributed by atoms with Crippen LogP contribution in [0.3, 0.4) is 0 Å². The highest BCUT2D eigenvalue weighted by atomic mass is 35.5. The number of rotatable bonds is 5. The van der Waals surface area contributed by atoms with E-state index in [1.807, 2.05) is 37.1 Å². The maximum atomic E-state index is 8.00. The number of para-hydroxylation sites is 1. The average molecular weight is 276 g/mol. The van der Waals surface area contributed by atoms with Crippen LogP contribution in [0.4, 0.5) is 5.69 Å². The van der Waals surface area contributed by atoms with Crippen LogP contribution in [0.15, 0.2) is 30.3 Å². The third-order valence-electron chi connectivity index (χ3n) is 1.96. The number of anilines is 1. The molecule has 1 aromatic carbocycles. The Morgan fingerprint density at radius 1 is 0.833 bits per heavy atom. The van der Waals surface area contributed by atoms with Gasteiger partial charge in [-0.3, -0.25) is 0 Å². The van der Waals surface area contributed by atoms with E-state index >= 15 is 0 Å². The molecule has 6 N–H and O–H groups in total. The highest BCUT2D eigenvalue weighted by Gasteiger charge is 1.83. The molecule has 0 aliphatic rings. The molecule has 0 spiro atoms. The number of unbranched alkanes of at least 4 members (excludes halogenated alkanes) is 3. The summed E-state index contributed by atoms with van der Waals surface area (Å²) in [6.45, 7) is 3.65. The van der Waals surface area contributed by atoms with Gasteiger partial charge in [0.15, 0.2) is 0 Å². The monoisotopic (exact) mass is 275 g/mol. The summed E-state index contributed by atoms with van der Waals surface area (Å²) >= 11 is 0. The minimum absolute atomic E-state index is 0. The number of carbonyl (C=O) groups is 1. The molecule has 0 aromatic heterocycles. The SMILES string of the molecule is C=O.Cl.NCCCCCCN.Nc1ccccc1. The highest BCUT2D eigenvalue weighted by molar-refractivity contribution is 5.85. The zero-order valence-electron chi connectivity index (χ0n) is 10.9. The van der Waals surface area contributed by atoms with E-state index in [1.54, 1.807) is 0 Å². The zero-order valence-corrected chi connectivity index (χ0v) is 11.7. The van der Waals surface area contributed by atoms with Crippen LogP contribution in [0.2, 0.25) is 0 Å². The second-order valence-electron chi connectivity index (χ2n) is 3.40. The Balaban J connectivity index is -0.000000210. The lowest BCUT2D eigenvalue weighted by molar-refractivity contribution is -0.0979. The molecule has 0 saturated carbocycles. The third-order valence-corrected chi connectivity index (χ3v) is 1.96. The molecule has 0 fully saturated rings. The van der Waals surface area contributed by atoms with Gasteiger partial charge in [-0.2, -0.15) is 0 Å². The molecule has 0 aliphatic heterocycles. The van der Waals surface area contributed by atoms with Gasteiger partial charge in [0.05, 0.1) is 0 Å². The van der Waals surface area contributed by atoms with Gasteiger partial charge >= 0.3 is 0 Å². The standard InChI is InChI=1S/C6H16N2.C6H7N.CH2O.ClH/c7-5-3-1-2-4-6-8;7-6-4-2-1-3-5-6;1-2;/h1-8H2;1-5H,7H2;1H2;1H. The Hall–Kier alpha value is -1.10. The fourth-order valence-electron chi connectivity index (χ4n) is 1.10. The topological polar surface area (TPSA) is 95.1 Å². The van der Waals surface area contributed by atoms with Gasteiger partial charge in [0, 0.05) is 5.69 Å². The number of halogens is 1. The number of hydrogen-bond donors (Lipinski definition) is 3. The van der Waals surface area contributed by atoms with Crippen molar-refractivity contribution in [1.82, 2.24) is 0 Å². The Morgan fingerprint density at radius 2 is 1.22 bits per heavy atom. The fourth-order valence-corrected chi connectivity index (χ4v) is 1.10. The van der Waals surface area contributed by atoms with Crippen molar-refractivity contribution in [2.75, 3.05) is 18.8 Å². The molecule has 0 heterocycles. The summed E-state index contributed by atoms with van der Waals surface area (Å²) in [6.07, 6.45) is 4.79. The van der Waals surface area contributed by atoms with E-state index in [4.69, 9.17) is 22.0 Å². The van der Waals surface area contributed by atoms with E-state index in [9.17, 15) is 0 Å². The molecule has 18 heavy (non-hydrogen) atoms. The smallest absolute Gasteiger partial charge is 0.106 e. The predicted molar refractivity (Wildman–Crippen MR) is 81.8 cm³/mol. The molecule has 0 unspecified atom stereocenters. The molecule has 0 radical (unpaired) electrons. The van der Waals surface area contributed by atoms with Gasteiger partial charge in [-0.1, -0.05) is 31.0 Å². The first kappa shape index (κ1) is 22.1. The van der Waals surface area contributed by atoms with Crippen molar-refractivity contribution in [1.29, 1.82) is 0 Å². The van der Waals surface area contributed by atoms with Gasteiger partial charge in [0.2, 0.25) is 0 Å². The second kappa shape index (κ2) is 21.2. The van der Waals surface area contributed by atoms with Crippen LogP contribution in [0.5, 0.6) is 0 Å². The molecule has 1 rings (SSSR count).